The number of aromatic hydroxyl groups is 2. The quantitative estimate of drug-likeness (QED) is 0.501. The molecule has 3 rings (SSSR count). The van der Waals surface area contributed by atoms with Gasteiger partial charge in [0.15, 0.2) is 0 Å². The second-order valence-electron chi connectivity index (χ2n) is 5.02. The molecule has 1 heterocycles. The third-order valence-electron chi connectivity index (χ3n) is 3.23. The van der Waals surface area contributed by atoms with E-state index >= 15 is 0 Å². The Bertz CT molecular complexity index is 841. The molecule has 0 unspecified atom stereocenters. The molecule has 6 heteroatoms. The molecule has 0 bridgehead atoms. The van der Waals surface area contributed by atoms with Crippen LogP contribution in [0.2, 0.25) is 0 Å². The summed E-state index contributed by atoms with van der Waals surface area (Å²) in [6.07, 6.45) is 1.47. The Morgan fingerprint density at radius 3 is 2.65 bits per heavy atom. The molecule has 5 nitrogen and oxygen atoms in total. The van der Waals surface area contributed by atoms with Gasteiger partial charge >= 0.3 is 0 Å². The van der Waals surface area contributed by atoms with E-state index in [0.717, 1.165) is 11.3 Å². The number of benzene rings is 2. The molecule has 0 aliphatic carbocycles. The Labute approximate surface area is 137 Å². The second kappa shape index (κ2) is 6.50. The molecule has 116 valence electrons. The van der Waals surface area contributed by atoms with E-state index in [1.165, 1.54) is 35.2 Å². The van der Waals surface area contributed by atoms with Gasteiger partial charge in [-0.3, -0.25) is 5.43 Å². The van der Waals surface area contributed by atoms with Gasteiger partial charge < -0.3 is 10.2 Å². The second-order valence-corrected chi connectivity index (χ2v) is 5.88. The number of aromatic nitrogens is 1. The lowest BCUT2D eigenvalue weighted by Crippen LogP contribution is -1.90. The van der Waals surface area contributed by atoms with Crippen molar-refractivity contribution in [2.45, 2.75) is 6.92 Å². The lowest BCUT2D eigenvalue weighted by molar-refractivity contribution is 0.450. The van der Waals surface area contributed by atoms with Crippen LogP contribution in [0.5, 0.6) is 11.5 Å². The summed E-state index contributed by atoms with van der Waals surface area (Å²) in [5.74, 6) is -0.0229. The highest BCUT2D eigenvalue weighted by Crippen LogP contribution is 2.25. The molecule has 0 amide bonds. The number of hydrogen-bond donors (Lipinski definition) is 3. The number of aryl methyl sites for hydroxylation is 1. The minimum Gasteiger partial charge on any atom is -0.508 e. The first-order valence-corrected chi connectivity index (χ1v) is 7.83. The molecule has 0 radical (unpaired) electrons. The van der Waals surface area contributed by atoms with Crippen molar-refractivity contribution in [3.8, 4) is 22.8 Å². The first kappa shape index (κ1) is 15.1. The van der Waals surface area contributed by atoms with Crippen molar-refractivity contribution in [1.29, 1.82) is 0 Å². The summed E-state index contributed by atoms with van der Waals surface area (Å²) in [7, 11) is 0. The average molecular weight is 325 g/mol. The van der Waals surface area contributed by atoms with Crippen LogP contribution in [0.1, 0.15) is 11.1 Å². The average Bonchev–Trinajstić information content (AvgIpc) is 2.99. The van der Waals surface area contributed by atoms with Crippen molar-refractivity contribution in [1.82, 2.24) is 4.98 Å². The smallest absolute Gasteiger partial charge is 0.203 e. The Hall–Kier alpha value is -2.86. The minimum absolute atomic E-state index is 0.00951. The van der Waals surface area contributed by atoms with Crippen LogP contribution in [0.25, 0.3) is 11.3 Å². The van der Waals surface area contributed by atoms with E-state index in [1.807, 2.05) is 36.6 Å². The van der Waals surface area contributed by atoms with Crippen LogP contribution >= 0.6 is 11.3 Å². The number of phenolic OH excluding ortho intramolecular Hbond substituents is 2. The van der Waals surface area contributed by atoms with Crippen LogP contribution in [-0.2, 0) is 0 Å². The maximum atomic E-state index is 9.67. The monoisotopic (exact) mass is 325 g/mol. The van der Waals surface area contributed by atoms with E-state index in [-0.39, 0.29) is 11.5 Å². The van der Waals surface area contributed by atoms with Crippen LogP contribution in [-0.4, -0.2) is 21.4 Å². The largest absolute Gasteiger partial charge is 0.508 e. The Balaban J connectivity index is 1.69. The van der Waals surface area contributed by atoms with Crippen molar-refractivity contribution in [2.24, 2.45) is 5.10 Å². The number of nitrogens with one attached hydrogen (secondary N) is 1. The Morgan fingerprint density at radius 1 is 1.13 bits per heavy atom. The summed E-state index contributed by atoms with van der Waals surface area (Å²) >= 11 is 1.45. The topological polar surface area (TPSA) is 77.7 Å². The lowest BCUT2D eigenvalue weighted by Gasteiger charge is -1.99. The van der Waals surface area contributed by atoms with Crippen molar-refractivity contribution in [3.05, 3.63) is 59.0 Å². The fraction of sp³-hybridized carbons (Fsp3) is 0.0588. The van der Waals surface area contributed by atoms with Crippen LogP contribution in [0.15, 0.2) is 52.9 Å². The SMILES string of the molecule is Cc1ccc(-c2csc(N/N=C/c3ccc(O)cc3O)n2)cc1. The minimum atomic E-state index is -0.0324. The van der Waals surface area contributed by atoms with Crippen molar-refractivity contribution in [3.63, 3.8) is 0 Å². The maximum absolute atomic E-state index is 9.67. The van der Waals surface area contributed by atoms with Crippen molar-refractivity contribution >= 4 is 22.7 Å². The number of phenols is 2. The van der Waals surface area contributed by atoms with Crippen LogP contribution in [0, 0.1) is 6.92 Å². The summed E-state index contributed by atoms with van der Waals surface area (Å²) in [4.78, 5) is 4.47. The van der Waals surface area contributed by atoms with Crippen LogP contribution in [0.4, 0.5) is 5.13 Å². The standard InChI is InChI=1S/C17H15N3O2S/c1-11-2-4-12(5-3-11)15-10-23-17(19-15)20-18-9-13-6-7-14(21)8-16(13)22/h2-10,21-22H,1H3,(H,19,20)/b18-9+. The zero-order valence-corrected chi connectivity index (χ0v) is 13.2. The number of anilines is 1. The highest BCUT2D eigenvalue weighted by atomic mass is 32.1. The van der Waals surface area contributed by atoms with E-state index in [1.54, 1.807) is 6.07 Å². The van der Waals surface area contributed by atoms with Crippen molar-refractivity contribution in [2.75, 3.05) is 5.43 Å². The molecule has 0 spiro atoms. The molecular formula is C17H15N3O2S. The normalized spacial score (nSPS) is 11.0. The van der Waals surface area contributed by atoms with Gasteiger partial charge in [-0.1, -0.05) is 29.8 Å². The van der Waals surface area contributed by atoms with Gasteiger partial charge in [-0.25, -0.2) is 4.98 Å². The molecule has 0 saturated heterocycles. The summed E-state index contributed by atoms with van der Waals surface area (Å²) in [6, 6.07) is 12.5. The van der Waals surface area contributed by atoms with Gasteiger partial charge in [-0.15, -0.1) is 11.3 Å². The Kier molecular flexibility index (Phi) is 4.25. The summed E-state index contributed by atoms with van der Waals surface area (Å²) in [6.45, 7) is 2.05. The molecule has 0 atom stereocenters. The van der Waals surface area contributed by atoms with E-state index in [0.29, 0.717) is 10.7 Å². The van der Waals surface area contributed by atoms with Gasteiger partial charge in [0.25, 0.3) is 0 Å². The molecule has 1 aromatic heterocycles. The zero-order chi connectivity index (χ0) is 16.2. The molecule has 0 fully saturated rings. The van der Waals surface area contributed by atoms with Gasteiger partial charge in [-0.2, -0.15) is 5.10 Å². The fourth-order valence-corrected chi connectivity index (χ4v) is 2.65. The van der Waals surface area contributed by atoms with Gasteiger partial charge in [0.05, 0.1) is 11.9 Å². The van der Waals surface area contributed by atoms with Crippen LogP contribution < -0.4 is 5.43 Å². The first-order valence-electron chi connectivity index (χ1n) is 6.95. The predicted molar refractivity (Wildman–Crippen MR) is 93.3 cm³/mol. The molecule has 2 aromatic carbocycles. The van der Waals surface area contributed by atoms with E-state index < -0.39 is 0 Å². The highest BCUT2D eigenvalue weighted by Gasteiger charge is 2.04. The molecule has 3 N–H and O–H groups in total. The van der Waals surface area contributed by atoms with E-state index in [4.69, 9.17) is 0 Å². The third kappa shape index (κ3) is 3.67. The zero-order valence-electron chi connectivity index (χ0n) is 12.4. The molecule has 0 aliphatic heterocycles. The molecule has 23 heavy (non-hydrogen) atoms. The molecule has 3 aromatic rings. The van der Waals surface area contributed by atoms with Crippen molar-refractivity contribution < 1.29 is 10.2 Å². The number of nitrogens with zero attached hydrogens (tertiary/aromatic N) is 2. The number of hydrogen-bond acceptors (Lipinski definition) is 6. The highest BCUT2D eigenvalue weighted by molar-refractivity contribution is 7.14. The van der Waals surface area contributed by atoms with Crippen LogP contribution in [0.3, 0.4) is 0 Å². The first-order chi connectivity index (χ1) is 11.1. The number of thiazole rings is 1. The van der Waals surface area contributed by atoms with Gasteiger partial charge in [0, 0.05) is 22.6 Å². The third-order valence-corrected chi connectivity index (χ3v) is 3.98. The number of hydrazone groups is 1. The van der Waals surface area contributed by atoms with Gasteiger partial charge in [0.2, 0.25) is 5.13 Å². The molecule has 0 aliphatic rings. The predicted octanol–water partition coefficient (Wildman–Crippen LogP) is 3.98. The number of rotatable bonds is 4. The lowest BCUT2D eigenvalue weighted by atomic mass is 10.1. The summed E-state index contributed by atoms with van der Waals surface area (Å²) in [5.41, 5.74) is 6.50. The van der Waals surface area contributed by atoms with E-state index in [9.17, 15) is 10.2 Å². The summed E-state index contributed by atoms with van der Waals surface area (Å²) < 4.78 is 0. The Morgan fingerprint density at radius 2 is 1.91 bits per heavy atom. The summed E-state index contributed by atoms with van der Waals surface area (Å²) in [5, 5.41) is 25.6. The molecule has 0 saturated carbocycles. The van der Waals surface area contributed by atoms with Gasteiger partial charge in [0.1, 0.15) is 11.5 Å². The van der Waals surface area contributed by atoms with Gasteiger partial charge in [-0.05, 0) is 19.1 Å². The maximum Gasteiger partial charge on any atom is 0.203 e. The molecular weight excluding hydrogens is 310 g/mol. The van der Waals surface area contributed by atoms with E-state index in [2.05, 4.69) is 15.5 Å². The fourth-order valence-electron chi connectivity index (χ4n) is 1.98.